The second-order valence-electron chi connectivity index (χ2n) is 8.21. The van der Waals surface area contributed by atoms with Crippen LogP contribution in [0.1, 0.15) is 57.3 Å². The van der Waals surface area contributed by atoms with Crippen molar-refractivity contribution in [2.45, 2.75) is 37.7 Å². The van der Waals surface area contributed by atoms with Gasteiger partial charge in [0.05, 0.1) is 0 Å². The summed E-state index contributed by atoms with van der Waals surface area (Å²) < 4.78 is 5.95. The highest BCUT2D eigenvalue weighted by molar-refractivity contribution is 7.11. The van der Waals surface area contributed by atoms with E-state index in [1.54, 1.807) is 36.1 Å². The molecule has 3 aromatic rings. The molecule has 31 heavy (non-hydrogen) atoms. The zero-order chi connectivity index (χ0) is 21.4. The molecule has 0 radical (unpaired) electrons. The van der Waals surface area contributed by atoms with Crippen molar-refractivity contribution in [3.05, 3.63) is 64.4 Å². The fourth-order valence-electron chi connectivity index (χ4n) is 4.71. The molecule has 3 heterocycles. The molecule has 2 aliphatic carbocycles. The highest BCUT2D eigenvalue weighted by Crippen LogP contribution is 2.63. The van der Waals surface area contributed by atoms with Gasteiger partial charge < -0.3 is 15.8 Å². The van der Waals surface area contributed by atoms with E-state index >= 15 is 0 Å². The van der Waals surface area contributed by atoms with Gasteiger partial charge in [-0.25, -0.2) is 15.0 Å². The van der Waals surface area contributed by atoms with Gasteiger partial charge in [0.2, 0.25) is 5.88 Å². The molecule has 8 nitrogen and oxygen atoms in total. The zero-order valence-electron chi connectivity index (χ0n) is 16.7. The Hall–Kier alpha value is -3.33. The average Bonchev–Trinajstić information content (AvgIpc) is 3.25. The van der Waals surface area contributed by atoms with Crippen molar-refractivity contribution in [3.8, 4) is 5.88 Å². The summed E-state index contributed by atoms with van der Waals surface area (Å²) in [6.07, 6.45) is 8.80. The summed E-state index contributed by atoms with van der Waals surface area (Å²) in [4.78, 5) is 36.5. The Morgan fingerprint density at radius 3 is 2.58 bits per heavy atom. The van der Waals surface area contributed by atoms with Crippen molar-refractivity contribution in [2.75, 3.05) is 5.32 Å². The lowest BCUT2D eigenvalue weighted by Gasteiger charge is -2.57. The minimum Gasteiger partial charge on any atom is -0.474 e. The third-order valence-electron chi connectivity index (χ3n) is 6.13. The van der Waals surface area contributed by atoms with Crippen molar-refractivity contribution in [3.63, 3.8) is 0 Å². The number of hydrogen-bond acceptors (Lipinski definition) is 7. The van der Waals surface area contributed by atoms with Crippen LogP contribution in [0, 0.1) is 5.41 Å². The molecule has 158 valence electrons. The summed E-state index contributed by atoms with van der Waals surface area (Å²) in [7, 11) is 0. The number of hydrogen-bond donors (Lipinski definition) is 2. The number of anilines is 1. The Kier molecular flexibility index (Phi) is 4.90. The lowest BCUT2D eigenvalue weighted by atomic mass is 9.49. The fourth-order valence-corrected chi connectivity index (χ4v) is 5.24. The molecular weight excluding hydrogens is 414 g/mol. The van der Waals surface area contributed by atoms with Gasteiger partial charge in [0, 0.05) is 24.0 Å². The Morgan fingerprint density at radius 1 is 1.06 bits per heavy atom. The first kappa shape index (κ1) is 19.6. The lowest BCUT2D eigenvalue weighted by molar-refractivity contribution is -0.0818. The van der Waals surface area contributed by atoms with E-state index in [-0.39, 0.29) is 17.4 Å². The molecule has 9 heteroatoms. The standard InChI is InChI=1S/C22H21N5O3S/c23-17(28)16-4-2-6-25-20(16)30-14-11-22(12-14)9-13(10-22)15-3-1-5-24-18(15)27-19(29)21-26-7-8-31-21/h1-8,13-14H,9-12H2,(H2,23,28)(H,24,27,29). The van der Waals surface area contributed by atoms with E-state index in [0.717, 1.165) is 31.2 Å². The number of carbonyl (C=O) groups excluding carboxylic acids is 2. The van der Waals surface area contributed by atoms with Gasteiger partial charge in [-0.3, -0.25) is 9.59 Å². The van der Waals surface area contributed by atoms with Crippen LogP contribution in [0.15, 0.2) is 48.2 Å². The van der Waals surface area contributed by atoms with Gasteiger partial charge in [-0.05, 0) is 60.8 Å². The molecule has 1 spiro atoms. The molecule has 5 rings (SSSR count). The van der Waals surface area contributed by atoms with Crippen LogP contribution >= 0.6 is 11.3 Å². The summed E-state index contributed by atoms with van der Waals surface area (Å²) in [6.45, 7) is 0. The van der Waals surface area contributed by atoms with Gasteiger partial charge in [-0.1, -0.05) is 6.07 Å². The van der Waals surface area contributed by atoms with Crippen LogP contribution < -0.4 is 15.8 Å². The SMILES string of the molecule is NC(=O)c1cccnc1OC1CC2(C1)CC(c1cccnc1NC(=O)c1nccs1)C2. The lowest BCUT2D eigenvalue weighted by Crippen LogP contribution is -2.51. The van der Waals surface area contributed by atoms with Crippen LogP contribution in [0.25, 0.3) is 0 Å². The molecule has 2 saturated carbocycles. The van der Waals surface area contributed by atoms with Crippen molar-refractivity contribution in [1.82, 2.24) is 15.0 Å². The number of pyridine rings is 2. The van der Waals surface area contributed by atoms with Crippen molar-refractivity contribution < 1.29 is 14.3 Å². The number of aromatic nitrogens is 3. The quantitative estimate of drug-likeness (QED) is 0.612. The van der Waals surface area contributed by atoms with E-state index < -0.39 is 5.91 Å². The van der Waals surface area contributed by atoms with Crippen LogP contribution in [-0.2, 0) is 0 Å². The van der Waals surface area contributed by atoms with Crippen LogP contribution in [0.3, 0.4) is 0 Å². The predicted molar refractivity (Wildman–Crippen MR) is 115 cm³/mol. The third kappa shape index (κ3) is 3.76. The Bertz CT molecular complexity index is 1120. The summed E-state index contributed by atoms with van der Waals surface area (Å²) in [5.41, 5.74) is 7.01. The van der Waals surface area contributed by atoms with E-state index in [1.165, 1.54) is 11.3 Å². The van der Waals surface area contributed by atoms with Gasteiger partial charge >= 0.3 is 0 Å². The predicted octanol–water partition coefficient (Wildman–Crippen LogP) is 3.39. The molecule has 0 aromatic carbocycles. The second-order valence-corrected chi connectivity index (χ2v) is 9.10. The number of ether oxygens (including phenoxy) is 1. The average molecular weight is 436 g/mol. The first-order valence-electron chi connectivity index (χ1n) is 10.1. The molecule has 0 unspecified atom stereocenters. The number of thiazole rings is 1. The first-order valence-corrected chi connectivity index (χ1v) is 11.0. The minimum absolute atomic E-state index is 0.0342. The molecule has 0 atom stereocenters. The number of amides is 2. The molecular formula is C22H21N5O3S. The smallest absolute Gasteiger partial charge is 0.285 e. The normalized spacial score (nSPS) is 24.1. The van der Waals surface area contributed by atoms with Crippen LogP contribution in [-0.4, -0.2) is 32.9 Å². The summed E-state index contributed by atoms with van der Waals surface area (Å²) in [6, 6.07) is 7.23. The van der Waals surface area contributed by atoms with Crippen LogP contribution in [0.2, 0.25) is 0 Å². The maximum Gasteiger partial charge on any atom is 0.285 e. The largest absolute Gasteiger partial charge is 0.474 e. The number of carbonyl (C=O) groups is 2. The monoisotopic (exact) mass is 435 g/mol. The summed E-state index contributed by atoms with van der Waals surface area (Å²) >= 11 is 1.30. The molecule has 2 amide bonds. The number of primary amides is 1. The molecule has 3 aromatic heterocycles. The number of nitrogens with one attached hydrogen (secondary N) is 1. The maximum absolute atomic E-state index is 12.4. The highest BCUT2D eigenvalue weighted by Gasteiger charge is 2.54. The van der Waals surface area contributed by atoms with Gasteiger partial charge in [0.1, 0.15) is 17.5 Å². The Morgan fingerprint density at radius 2 is 1.84 bits per heavy atom. The Labute approximate surface area is 182 Å². The van der Waals surface area contributed by atoms with E-state index in [2.05, 4.69) is 20.3 Å². The summed E-state index contributed by atoms with van der Waals surface area (Å²) in [5, 5.41) is 5.10. The molecule has 0 saturated heterocycles. The number of nitrogens with zero attached hydrogens (tertiary/aromatic N) is 3. The molecule has 0 bridgehead atoms. The van der Waals surface area contributed by atoms with Crippen molar-refractivity contribution in [1.29, 1.82) is 0 Å². The Balaban J connectivity index is 1.20. The van der Waals surface area contributed by atoms with E-state index in [1.807, 2.05) is 12.1 Å². The highest BCUT2D eigenvalue weighted by atomic mass is 32.1. The number of rotatable bonds is 6. The zero-order valence-corrected chi connectivity index (χ0v) is 17.5. The van der Waals surface area contributed by atoms with Crippen LogP contribution in [0.4, 0.5) is 5.82 Å². The van der Waals surface area contributed by atoms with Crippen LogP contribution in [0.5, 0.6) is 5.88 Å². The van der Waals surface area contributed by atoms with Gasteiger partial charge in [0.25, 0.3) is 11.8 Å². The first-order chi connectivity index (χ1) is 15.0. The van der Waals surface area contributed by atoms with E-state index in [0.29, 0.717) is 28.2 Å². The van der Waals surface area contributed by atoms with E-state index in [9.17, 15) is 9.59 Å². The maximum atomic E-state index is 12.4. The van der Waals surface area contributed by atoms with Crippen molar-refractivity contribution in [2.24, 2.45) is 11.1 Å². The van der Waals surface area contributed by atoms with Gasteiger partial charge in [-0.2, -0.15) is 0 Å². The van der Waals surface area contributed by atoms with Gasteiger partial charge in [-0.15, -0.1) is 11.3 Å². The minimum atomic E-state index is -0.537. The topological polar surface area (TPSA) is 120 Å². The number of nitrogens with two attached hydrogens (primary N) is 1. The second kappa shape index (κ2) is 7.73. The molecule has 0 aliphatic heterocycles. The molecule has 2 fully saturated rings. The molecule has 2 aliphatic rings. The van der Waals surface area contributed by atoms with Crippen molar-refractivity contribution >= 4 is 29.0 Å². The fraction of sp³-hybridized carbons (Fsp3) is 0.318. The van der Waals surface area contributed by atoms with Gasteiger partial charge in [0.15, 0.2) is 5.01 Å². The third-order valence-corrected chi connectivity index (χ3v) is 6.90. The summed E-state index contributed by atoms with van der Waals surface area (Å²) in [5.74, 6) is 0.489. The van der Waals surface area contributed by atoms with E-state index in [4.69, 9.17) is 10.5 Å². The molecule has 3 N–H and O–H groups in total.